The lowest BCUT2D eigenvalue weighted by molar-refractivity contribution is 0.104. The van der Waals surface area contributed by atoms with Gasteiger partial charge in [0.1, 0.15) is 18.5 Å². The van der Waals surface area contributed by atoms with Crippen LogP contribution >= 0.6 is 15.9 Å². The Labute approximate surface area is 116 Å². The van der Waals surface area contributed by atoms with E-state index in [1.807, 2.05) is 31.2 Å². The molecule has 0 aliphatic rings. The fraction of sp³-hybridized carbons (Fsp3) is 0.538. The van der Waals surface area contributed by atoms with Crippen molar-refractivity contribution in [3.63, 3.8) is 0 Å². The molecule has 0 saturated heterocycles. The summed E-state index contributed by atoms with van der Waals surface area (Å²) in [6.45, 7) is 3.48. The second-order valence-corrected chi connectivity index (χ2v) is 5.28. The number of rotatable bonds is 8. The van der Waals surface area contributed by atoms with Crippen LogP contribution in [0.3, 0.4) is 0 Å². The Hall–Kier alpha value is -0.620. The molecule has 18 heavy (non-hydrogen) atoms. The molecule has 1 rings (SSSR count). The number of hydrogen-bond acceptors (Lipinski definition) is 4. The average Bonchev–Trinajstić information content (AvgIpc) is 2.36. The van der Waals surface area contributed by atoms with Gasteiger partial charge >= 0.3 is 0 Å². The monoisotopic (exact) mass is 317 g/mol. The van der Waals surface area contributed by atoms with Crippen molar-refractivity contribution < 1.29 is 14.9 Å². The van der Waals surface area contributed by atoms with Gasteiger partial charge in [0.25, 0.3) is 0 Å². The van der Waals surface area contributed by atoms with Gasteiger partial charge in [0.2, 0.25) is 0 Å². The molecule has 1 aromatic carbocycles. The molecule has 102 valence electrons. The van der Waals surface area contributed by atoms with Gasteiger partial charge in [-0.25, -0.2) is 0 Å². The van der Waals surface area contributed by atoms with Crippen LogP contribution in [-0.4, -0.2) is 42.6 Å². The number of halogens is 1. The van der Waals surface area contributed by atoms with Gasteiger partial charge in [0.15, 0.2) is 0 Å². The Morgan fingerprint density at radius 1 is 1.39 bits per heavy atom. The molecule has 0 radical (unpaired) electrons. The lowest BCUT2D eigenvalue weighted by Crippen LogP contribution is -2.34. The van der Waals surface area contributed by atoms with Crippen LogP contribution in [0.5, 0.6) is 5.75 Å². The third kappa shape index (κ3) is 6.35. The molecule has 0 aromatic heterocycles. The summed E-state index contributed by atoms with van der Waals surface area (Å²) in [5.41, 5.74) is 0. The molecule has 0 spiro atoms. The summed E-state index contributed by atoms with van der Waals surface area (Å²) in [4.78, 5) is 0. The van der Waals surface area contributed by atoms with Gasteiger partial charge in [-0.3, -0.25) is 0 Å². The zero-order valence-electron chi connectivity index (χ0n) is 10.5. The first-order valence-electron chi connectivity index (χ1n) is 6.00. The maximum Gasteiger partial charge on any atom is 0.120 e. The van der Waals surface area contributed by atoms with Crippen LogP contribution in [0.25, 0.3) is 0 Å². The summed E-state index contributed by atoms with van der Waals surface area (Å²) in [7, 11) is 0. The Morgan fingerprint density at radius 3 is 2.83 bits per heavy atom. The van der Waals surface area contributed by atoms with E-state index in [1.54, 1.807) is 0 Å². The van der Waals surface area contributed by atoms with E-state index in [2.05, 4.69) is 21.2 Å². The molecule has 0 saturated carbocycles. The molecule has 0 aliphatic carbocycles. The van der Waals surface area contributed by atoms with Crippen molar-refractivity contribution in [1.29, 1.82) is 0 Å². The zero-order valence-corrected chi connectivity index (χ0v) is 12.1. The Kier molecular flexibility index (Phi) is 7.27. The highest BCUT2D eigenvalue weighted by molar-refractivity contribution is 9.10. The van der Waals surface area contributed by atoms with Crippen LogP contribution in [0.2, 0.25) is 0 Å². The molecule has 2 atom stereocenters. The molecule has 3 N–H and O–H groups in total. The standard InChI is InChI=1S/C13H20BrNO3/c1-10(8-16)6-15-7-12(17)9-18-13-4-2-3-11(14)5-13/h2-5,10,12,15-17H,6-9H2,1H3. The van der Waals surface area contributed by atoms with E-state index in [0.717, 1.165) is 10.2 Å². The fourth-order valence-electron chi connectivity index (χ4n) is 1.37. The third-order valence-corrected chi connectivity index (χ3v) is 2.92. The van der Waals surface area contributed by atoms with E-state index in [0.29, 0.717) is 13.1 Å². The van der Waals surface area contributed by atoms with Gasteiger partial charge < -0.3 is 20.3 Å². The summed E-state index contributed by atoms with van der Waals surface area (Å²) in [5.74, 6) is 0.926. The summed E-state index contributed by atoms with van der Waals surface area (Å²) in [5, 5.41) is 21.6. The molecule has 0 fully saturated rings. The Bertz CT molecular complexity index is 349. The fourth-order valence-corrected chi connectivity index (χ4v) is 1.75. The van der Waals surface area contributed by atoms with Crippen molar-refractivity contribution in [2.75, 3.05) is 26.3 Å². The van der Waals surface area contributed by atoms with Crippen LogP contribution in [0.15, 0.2) is 28.7 Å². The van der Waals surface area contributed by atoms with Gasteiger partial charge in [0, 0.05) is 17.6 Å². The van der Waals surface area contributed by atoms with Crippen molar-refractivity contribution in [3.8, 4) is 5.75 Å². The zero-order chi connectivity index (χ0) is 13.4. The smallest absolute Gasteiger partial charge is 0.120 e. The molecular formula is C13H20BrNO3. The third-order valence-electron chi connectivity index (χ3n) is 2.42. The molecule has 0 bridgehead atoms. The van der Waals surface area contributed by atoms with E-state index in [4.69, 9.17) is 9.84 Å². The topological polar surface area (TPSA) is 61.7 Å². The predicted molar refractivity (Wildman–Crippen MR) is 74.8 cm³/mol. The van der Waals surface area contributed by atoms with Crippen molar-refractivity contribution in [3.05, 3.63) is 28.7 Å². The second-order valence-electron chi connectivity index (χ2n) is 4.37. The SMILES string of the molecule is CC(CO)CNCC(O)COc1cccc(Br)c1. The van der Waals surface area contributed by atoms with Gasteiger partial charge in [-0.15, -0.1) is 0 Å². The maximum atomic E-state index is 9.70. The summed E-state index contributed by atoms with van der Waals surface area (Å²) in [6, 6.07) is 7.50. The van der Waals surface area contributed by atoms with E-state index in [9.17, 15) is 5.11 Å². The molecule has 0 aliphatic heterocycles. The van der Waals surface area contributed by atoms with Gasteiger partial charge in [-0.2, -0.15) is 0 Å². The van der Waals surface area contributed by atoms with Crippen molar-refractivity contribution in [2.24, 2.45) is 5.92 Å². The number of aliphatic hydroxyl groups excluding tert-OH is 2. The molecule has 1 aromatic rings. The van der Waals surface area contributed by atoms with Crippen LogP contribution in [-0.2, 0) is 0 Å². The first-order chi connectivity index (χ1) is 8.61. The van der Waals surface area contributed by atoms with Gasteiger partial charge in [0.05, 0.1) is 0 Å². The largest absolute Gasteiger partial charge is 0.491 e. The lowest BCUT2D eigenvalue weighted by Gasteiger charge is -2.15. The normalized spacial score (nSPS) is 14.2. The summed E-state index contributed by atoms with van der Waals surface area (Å²) >= 11 is 3.36. The predicted octanol–water partition coefficient (Wildman–Crippen LogP) is 1.41. The second kappa shape index (κ2) is 8.48. The average molecular weight is 318 g/mol. The van der Waals surface area contributed by atoms with Crippen molar-refractivity contribution in [1.82, 2.24) is 5.32 Å². The van der Waals surface area contributed by atoms with Crippen LogP contribution in [0.4, 0.5) is 0 Å². The van der Waals surface area contributed by atoms with E-state index in [-0.39, 0.29) is 19.1 Å². The van der Waals surface area contributed by atoms with Crippen LogP contribution in [0.1, 0.15) is 6.92 Å². The number of nitrogens with one attached hydrogen (secondary N) is 1. The van der Waals surface area contributed by atoms with E-state index >= 15 is 0 Å². The highest BCUT2D eigenvalue weighted by Crippen LogP contribution is 2.17. The lowest BCUT2D eigenvalue weighted by atomic mass is 10.2. The van der Waals surface area contributed by atoms with Gasteiger partial charge in [-0.05, 0) is 30.7 Å². The molecule has 2 unspecified atom stereocenters. The number of ether oxygens (including phenoxy) is 1. The van der Waals surface area contributed by atoms with Crippen LogP contribution in [0, 0.1) is 5.92 Å². The Morgan fingerprint density at radius 2 is 2.17 bits per heavy atom. The molecule has 0 heterocycles. The quantitative estimate of drug-likeness (QED) is 0.678. The maximum absolute atomic E-state index is 9.70. The molecule has 0 amide bonds. The first-order valence-corrected chi connectivity index (χ1v) is 6.79. The summed E-state index contributed by atoms with van der Waals surface area (Å²) in [6.07, 6.45) is -0.560. The summed E-state index contributed by atoms with van der Waals surface area (Å²) < 4.78 is 6.41. The minimum atomic E-state index is -0.560. The number of hydrogen-bond donors (Lipinski definition) is 3. The van der Waals surface area contributed by atoms with E-state index < -0.39 is 6.10 Å². The molecule has 4 nitrogen and oxygen atoms in total. The highest BCUT2D eigenvalue weighted by Gasteiger charge is 2.06. The van der Waals surface area contributed by atoms with E-state index in [1.165, 1.54) is 0 Å². The molecular weight excluding hydrogens is 298 g/mol. The highest BCUT2D eigenvalue weighted by atomic mass is 79.9. The molecule has 5 heteroatoms. The minimum Gasteiger partial charge on any atom is -0.491 e. The van der Waals surface area contributed by atoms with Crippen LogP contribution < -0.4 is 10.1 Å². The number of benzene rings is 1. The number of aliphatic hydroxyl groups is 2. The Balaban J connectivity index is 2.19. The van der Waals surface area contributed by atoms with Crippen molar-refractivity contribution >= 4 is 15.9 Å². The van der Waals surface area contributed by atoms with Gasteiger partial charge in [-0.1, -0.05) is 28.9 Å². The minimum absolute atomic E-state index is 0.150. The first kappa shape index (κ1) is 15.4. The van der Waals surface area contributed by atoms with Crippen molar-refractivity contribution in [2.45, 2.75) is 13.0 Å².